The zero-order valence-corrected chi connectivity index (χ0v) is 16.2. The highest BCUT2D eigenvalue weighted by Gasteiger charge is 2.26. The predicted molar refractivity (Wildman–Crippen MR) is 123 cm³/mol. The lowest BCUT2D eigenvalue weighted by Gasteiger charge is -2.26. The molecule has 4 nitrogen and oxygen atoms in total. The van der Waals surface area contributed by atoms with Crippen LogP contribution in [-0.2, 0) is 0 Å². The van der Waals surface area contributed by atoms with Crippen LogP contribution >= 0.6 is 0 Å². The van der Waals surface area contributed by atoms with Gasteiger partial charge < -0.3 is 15.5 Å². The molecule has 0 aliphatic carbocycles. The van der Waals surface area contributed by atoms with Gasteiger partial charge in [-0.15, -0.1) is 0 Å². The fraction of sp³-hybridized carbons (Fsp3) is 0.0385. The molecule has 6 rings (SSSR count). The van der Waals surface area contributed by atoms with Gasteiger partial charge in [0, 0.05) is 38.8 Å². The molecule has 0 saturated heterocycles. The smallest absolute Gasteiger partial charge is 0.141 e. The van der Waals surface area contributed by atoms with Crippen LogP contribution in [0.5, 0.6) is 0 Å². The molecule has 2 heterocycles. The molecule has 1 aliphatic rings. The molecule has 4 aromatic carbocycles. The average molecular weight is 389 g/mol. The Kier molecular flexibility index (Phi) is 3.65. The lowest BCUT2D eigenvalue weighted by Crippen LogP contribution is -2.22. The molecular formula is C26H19N3O. The maximum absolute atomic E-state index is 6.30. The number of nitrogen functional groups attached to an aromatic ring is 1. The second-order valence-corrected chi connectivity index (χ2v) is 7.54. The van der Waals surface area contributed by atoms with Crippen LogP contribution in [0.3, 0.4) is 0 Å². The number of nitrogens with one attached hydrogen (secondary N) is 1. The van der Waals surface area contributed by atoms with Crippen LogP contribution < -0.4 is 11.1 Å². The first-order valence-electron chi connectivity index (χ1n) is 9.98. The maximum atomic E-state index is 6.30. The highest BCUT2D eigenvalue weighted by molar-refractivity contribution is 6.11. The van der Waals surface area contributed by atoms with E-state index in [0.29, 0.717) is 0 Å². The molecule has 3 N–H and O–H groups in total. The van der Waals surface area contributed by atoms with Crippen molar-refractivity contribution in [3.63, 3.8) is 0 Å². The Balaban J connectivity index is 1.59. The third-order valence-electron chi connectivity index (χ3n) is 5.68. The Hall–Kier alpha value is -4.05. The SMILES string of the molecule is Nc1ccc(C2=NC(c3cccc4c3oc3ccccc34)c3ccccc3N2)cc1. The first-order valence-corrected chi connectivity index (χ1v) is 9.98. The minimum Gasteiger partial charge on any atom is -0.456 e. The zero-order chi connectivity index (χ0) is 20.1. The first-order chi connectivity index (χ1) is 14.8. The Morgan fingerprint density at radius 2 is 1.47 bits per heavy atom. The minimum atomic E-state index is -0.167. The minimum absolute atomic E-state index is 0.167. The number of nitrogens with two attached hydrogens (primary N) is 1. The molecule has 1 unspecified atom stereocenters. The van der Waals surface area contributed by atoms with E-state index in [1.807, 2.05) is 48.5 Å². The lowest BCUT2D eigenvalue weighted by molar-refractivity contribution is 0.657. The molecule has 1 aromatic heterocycles. The van der Waals surface area contributed by atoms with Gasteiger partial charge in [0.15, 0.2) is 0 Å². The number of nitrogens with zero attached hydrogens (tertiary/aromatic N) is 1. The van der Waals surface area contributed by atoms with Crippen LogP contribution in [0.25, 0.3) is 21.9 Å². The molecule has 0 radical (unpaired) electrons. The summed E-state index contributed by atoms with van der Waals surface area (Å²) in [7, 11) is 0. The number of benzene rings is 4. The van der Waals surface area contributed by atoms with Crippen LogP contribution in [0, 0.1) is 0 Å². The largest absolute Gasteiger partial charge is 0.456 e. The van der Waals surface area contributed by atoms with Gasteiger partial charge in [0.1, 0.15) is 23.0 Å². The number of aliphatic imine (C=N–C) groups is 1. The Morgan fingerprint density at radius 1 is 0.733 bits per heavy atom. The number of rotatable bonds is 2. The van der Waals surface area contributed by atoms with Crippen molar-refractivity contribution in [2.45, 2.75) is 6.04 Å². The first kappa shape index (κ1) is 16.9. The van der Waals surface area contributed by atoms with Gasteiger partial charge in [-0.05, 0) is 36.4 Å². The Labute approximate surface area is 173 Å². The van der Waals surface area contributed by atoms with Crippen molar-refractivity contribution in [2.24, 2.45) is 4.99 Å². The summed E-state index contributed by atoms with van der Waals surface area (Å²) < 4.78 is 6.30. The second-order valence-electron chi connectivity index (χ2n) is 7.54. The van der Waals surface area contributed by atoms with Gasteiger partial charge in [-0.2, -0.15) is 0 Å². The summed E-state index contributed by atoms with van der Waals surface area (Å²) >= 11 is 0. The van der Waals surface area contributed by atoms with Crippen molar-refractivity contribution >= 4 is 39.1 Å². The van der Waals surface area contributed by atoms with E-state index in [1.54, 1.807) is 0 Å². The molecule has 1 aliphatic heterocycles. The lowest BCUT2D eigenvalue weighted by atomic mass is 9.94. The monoisotopic (exact) mass is 389 g/mol. The zero-order valence-electron chi connectivity index (χ0n) is 16.2. The van der Waals surface area contributed by atoms with E-state index >= 15 is 0 Å². The molecular weight excluding hydrogens is 370 g/mol. The van der Waals surface area contributed by atoms with Crippen molar-refractivity contribution in [1.29, 1.82) is 0 Å². The Bertz CT molecular complexity index is 1430. The van der Waals surface area contributed by atoms with E-state index in [-0.39, 0.29) is 6.04 Å². The summed E-state index contributed by atoms with van der Waals surface area (Å²) in [4.78, 5) is 5.12. The maximum Gasteiger partial charge on any atom is 0.141 e. The summed E-state index contributed by atoms with van der Waals surface area (Å²) in [5.41, 5.74) is 12.6. The van der Waals surface area contributed by atoms with E-state index in [0.717, 1.165) is 55.8 Å². The van der Waals surface area contributed by atoms with Crippen molar-refractivity contribution in [1.82, 2.24) is 0 Å². The van der Waals surface area contributed by atoms with E-state index in [4.69, 9.17) is 15.1 Å². The van der Waals surface area contributed by atoms with Crippen LogP contribution in [0.4, 0.5) is 11.4 Å². The van der Waals surface area contributed by atoms with Gasteiger partial charge in [0.2, 0.25) is 0 Å². The fourth-order valence-electron chi connectivity index (χ4n) is 4.22. The average Bonchev–Trinajstić information content (AvgIpc) is 3.18. The van der Waals surface area contributed by atoms with Gasteiger partial charge in [-0.1, -0.05) is 54.6 Å². The topological polar surface area (TPSA) is 63.5 Å². The van der Waals surface area contributed by atoms with Crippen LogP contribution in [0.1, 0.15) is 22.7 Å². The highest BCUT2D eigenvalue weighted by atomic mass is 16.3. The number of anilines is 2. The van der Waals surface area contributed by atoms with Gasteiger partial charge >= 0.3 is 0 Å². The fourth-order valence-corrected chi connectivity index (χ4v) is 4.22. The molecule has 5 aromatic rings. The third-order valence-corrected chi connectivity index (χ3v) is 5.68. The molecule has 0 fully saturated rings. The quantitative estimate of drug-likeness (QED) is 0.357. The third kappa shape index (κ3) is 2.58. The van der Waals surface area contributed by atoms with Crippen LogP contribution in [0.2, 0.25) is 0 Å². The predicted octanol–water partition coefficient (Wildman–Crippen LogP) is 6.13. The molecule has 144 valence electrons. The molecule has 0 saturated carbocycles. The number of hydrogen-bond donors (Lipinski definition) is 2. The van der Waals surface area contributed by atoms with Gasteiger partial charge in [0.05, 0.1) is 0 Å². The van der Waals surface area contributed by atoms with Gasteiger partial charge in [-0.3, -0.25) is 4.99 Å². The summed E-state index contributed by atoms with van der Waals surface area (Å²) in [5, 5.41) is 5.72. The molecule has 0 amide bonds. The van der Waals surface area contributed by atoms with Crippen molar-refractivity contribution in [2.75, 3.05) is 11.1 Å². The van der Waals surface area contributed by atoms with Gasteiger partial charge in [-0.25, -0.2) is 0 Å². The number of para-hydroxylation sites is 3. The van der Waals surface area contributed by atoms with E-state index in [2.05, 4.69) is 47.8 Å². The van der Waals surface area contributed by atoms with Crippen LogP contribution in [0.15, 0.2) is 100 Å². The number of hydrogen-bond acceptors (Lipinski definition) is 4. The molecule has 0 bridgehead atoms. The van der Waals surface area contributed by atoms with E-state index < -0.39 is 0 Å². The normalized spacial score (nSPS) is 15.6. The molecule has 4 heteroatoms. The van der Waals surface area contributed by atoms with Crippen LogP contribution in [-0.4, -0.2) is 5.84 Å². The van der Waals surface area contributed by atoms with Gasteiger partial charge in [0.25, 0.3) is 0 Å². The number of fused-ring (bicyclic) bond motifs is 4. The second kappa shape index (κ2) is 6.49. The summed E-state index contributed by atoms with van der Waals surface area (Å²) in [6.07, 6.45) is 0. The number of amidine groups is 1. The van der Waals surface area contributed by atoms with E-state index in [9.17, 15) is 0 Å². The molecule has 30 heavy (non-hydrogen) atoms. The summed E-state index contributed by atoms with van der Waals surface area (Å²) in [6, 6.07) is 30.4. The standard InChI is InChI=1S/C26H19N3O/c27-17-14-12-16(13-15-17)26-28-22-10-3-1-7-20(22)24(29-26)21-9-5-8-19-18-6-2-4-11-23(18)30-25(19)21/h1-15,24H,27H2,(H,28,29). The summed E-state index contributed by atoms with van der Waals surface area (Å²) in [5.74, 6) is 0.826. The van der Waals surface area contributed by atoms with Crippen molar-refractivity contribution in [3.8, 4) is 0 Å². The van der Waals surface area contributed by atoms with E-state index in [1.165, 1.54) is 0 Å². The summed E-state index contributed by atoms with van der Waals surface area (Å²) in [6.45, 7) is 0. The van der Waals surface area contributed by atoms with Crippen molar-refractivity contribution in [3.05, 3.63) is 108 Å². The van der Waals surface area contributed by atoms with Crippen molar-refractivity contribution < 1.29 is 4.42 Å². The molecule has 0 spiro atoms. The number of furan rings is 1. The highest BCUT2D eigenvalue weighted by Crippen LogP contribution is 2.41. The molecule has 1 atom stereocenters. The Morgan fingerprint density at radius 3 is 2.37 bits per heavy atom.